The van der Waals surface area contributed by atoms with Crippen molar-refractivity contribution >= 4 is 49.8 Å². The highest BCUT2D eigenvalue weighted by Gasteiger charge is 2.39. The second-order valence-electron chi connectivity index (χ2n) is 9.08. The summed E-state index contributed by atoms with van der Waals surface area (Å²) in [4.78, 5) is 25.7. The fraction of sp³-hybridized carbons (Fsp3) is 0.435. The lowest BCUT2D eigenvalue weighted by molar-refractivity contribution is 0.0552. The van der Waals surface area contributed by atoms with Crippen LogP contribution in [-0.2, 0) is 23.0 Å². The number of aromatic nitrogens is 2. The number of hydrogen-bond acceptors (Lipinski definition) is 8. The maximum atomic E-state index is 13.5. The van der Waals surface area contributed by atoms with E-state index >= 15 is 0 Å². The molecule has 1 fully saturated rings. The quantitative estimate of drug-likeness (QED) is 0.500. The smallest absolute Gasteiger partial charge is 0.283 e. The van der Waals surface area contributed by atoms with Gasteiger partial charge < -0.3 is 19.9 Å². The second kappa shape index (κ2) is 9.64. The standard InChI is InChI=1S/C23H25ClN6O4S2/c1-28-8-6-18-19(13-28)35-21(26-18)23(32)30-10-9-29(12-15(30)3-2-7-25)36(33,34)22-20(31)16-11-14(24)4-5-17(16)27-22/h4-5,11,15,27,31H,2-3,6,8-10,12-13H2,1H3. The third-order valence-electron chi connectivity index (χ3n) is 6.70. The SMILES string of the molecule is CN1CCc2nc(C(=O)N3CCN(S(=O)(=O)c4[nH]c5ccc(Cl)cc5c4O)CC3CCC#N)sc2C1. The number of nitriles is 1. The maximum Gasteiger partial charge on any atom is 0.283 e. The molecule has 0 bridgehead atoms. The van der Waals surface area contributed by atoms with Crippen LogP contribution in [0.5, 0.6) is 5.75 Å². The molecule has 0 radical (unpaired) electrons. The highest BCUT2D eigenvalue weighted by Crippen LogP contribution is 2.36. The number of thiazole rings is 1. The van der Waals surface area contributed by atoms with Crippen molar-refractivity contribution in [2.24, 2.45) is 0 Å². The van der Waals surface area contributed by atoms with Crippen molar-refractivity contribution in [2.75, 3.05) is 33.2 Å². The molecule has 0 aliphatic carbocycles. The molecule has 4 heterocycles. The highest BCUT2D eigenvalue weighted by atomic mass is 35.5. The van der Waals surface area contributed by atoms with Gasteiger partial charge in [0.15, 0.2) is 15.8 Å². The summed E-state index contributed by atoms with van der Waals surface area (Å²) in [7, 11) is -2.07. The van der Waals surface area contributed by atoms with Crippen LogP contribution in [0.25, 0.3) is 10.9 Å². The van der Waals surface area contributed by atoms with E-state index < -0.39 is 21.8 Å². The summed E-state index contributed by atoms with van der Waals surface area (Å²) in [6.45, 7) is 1.87. The lowest BCUT2D eigenvalue weighted by Crippen LogP contribution is -2.56. The molecule has 2 aliphatic rings. The number of fused-ring (bicyclic) bond motifs is 2. The van der Waals surface area contributed by atoms with Crippen LogP contribution in [0.3, 0.4) is 0 Å². The van der Waals surface area contributed by atoms with Gasteiger partial charge in [-0.1, -0.05) is 11.6 Å². The zero-order valence-corrected chi connectivity index (χ0v) is 22.0. The van der Waals surface area contributed by atoms with Gasteiger partial charge in [0.25, 0.3) is 15.9 Å². The number of sulfonamides is 1. The van der Waals surface area contributed by atoms with E-state index in [1.54, 1.807) is 17.0 Å². The number of aromatic amines is 1. The number of likely N-dealkylation sites (N-methyl/N-ethyl adjacent to an activating group) is 1. The Bertz CT molecular complexity index is 1480. The lowest BCUT2D eigenvalue weighted by atomic mass is 10.1. The number of H-pyrrole nitrogens is 1. The van der Waals surface area contributed by atoms with Crippen LogP contribution in [0, 0.1) is 11.3 Å². The van der Waals surface area contributed by atoms with Crippen LogP contribution in [0.1, 0.15) is 33.2 Å². The van der Waals surface area contributed by atoms with Gasteiger partial charge in [-0.2, -0.15) is 9.57 Å². The van der Waals surface area contributed by atoms with Gasteiger partial charge in [-0.15, -0.1) is 11.3 Å². The average Bonchev–Trinajstić information content (AvgIpc) is 3.43. The number of carbonyl (C=O) groups is 1. The zero-order chi connectivity index (χ0) is 25.6. The fourth-order valence-corrected chi connectivity index (χ4v) is 7.63. The van der Waals surface area contributed by atoms with Gasteiger partial charge in [0.05, 0.1) is 17.3 Å². The van der Waals surface area contributed by atoms with Gasteiger partial charge in [0.2, 0.25) is 0 Å². The van der Waals surface area contributed by atoms with Gasteiger partial charge >= 0.3 is 0 Å². The molecule has 5 rings (SSSR count). The lowest BCUT2D eigenvalue weighted by Gasteiger charge is -2.40. The van der Waals surface area contributed by atoms with Crippen LogP contribution in [-0.4, -0.2) is 82.8 Å². The Labute approximate surface area is 217 Å². The number of hydrogen-bond donors (Lipinski definition) is 2. The number of piperazine rings is 1. The molecule has 0 saturated carbocycles. The molecule has 13 heteroatoms. The Balaban J connectivity index is 1.41. The predicted octanol–water partition coefficient (Wildman–Crippen LogP) is 2.79. The van der Waals surface area contributed by atoms with E-state index in [-0.39, 0.29) is 37.0 Å². The number of carbonyl (C=O) groups excluding carboxylic acids is 1. The zero-order valence-electron chi connectivity index (χ0n) is 19.6. The molecule has 1 atom stereocenters. The van der Waals surface area contributed by atoms with Crippen molar-refractivity contribution in [1.82, 2.24) is 24.1 Å². The molecule has 1 amide bonds. The molecule has 2 N–H and O–H groups in total. The van der Waals surface area contributed by atoms with Crippen LogP contribution < -0.4 is 0 Å². The van der Waals surface area contributed by atoms with Gasteiger partial charge in [-0.05, 0) is 31.7 Å². The summed E-state index contributed by atoms with van der Waals surface area (Å²) in [6, 6.07) is 6.31. The number of rotatable bonds is 5. The van der Waals surface area contributed by atoms with Crippen molar-refractivity contribution < 1.29 is 18.3 Å². The molecule has 36 heavy (non-hydrogen) atoms. The summed E-state index contributed by atoms with van der Waals surface area (Å²) in [5, 5.41) is 20.6. The van der Waals surface area contributed by atoms with E-state index in [0.717, 1.165) is 30.1 Å². The van der Waals surface area contributed by atoms with Gasteiger partial charge in [-0.3, -0.25) is 4.79 Å². The topological polar surface area (TPSA) is 134 Å². The molecule has 2 aliphatic heterocycles. The minimum atomic E-state index is -4.10. The Hall–Kier alpha value is -2.69. The number of aromatic hydroxyl groups is 1. The Kier molecular flexibility index (Phi) is 6.69. The Morgan fingerprint density at radius 3 is 2.94 bits per heavy atom. The first kappa shape index (κ1) is 25.0. The van der Waals surface area contributed by atoms with E-state index in [1.165, 1.54) is 21.7 Å². The number of nitrogens with zero attached hydrogens (tertiary/aromatic N) is 5. The largest absolute Gasteiger partial charge is 0.504 e. The summed E-state index contributed by atoms with van der Waals surface area (Å²) in [5.74, 6) is -0.627. The highest BCUT2D eigenvalue weighted by molar-refractivity contribution is 7.89. The van der Waals surface area contributed by atoms with Gasteiger partial charge in [-0.25, -0.2) is 13.4 Å². The molecule has 190 valence electrons. The van der Waals surface area contributed by atoms with Crippen molar-refractivity contribution in [3.8, 4) is 11.8 Å². The van der Waals surface area contributed by atoms with Crippen molar-refractivity contribution in [3.63, 3.8) is 0 Å². The van der Waals surface area contributed by atoms with Crippen LogP contribution in [0.4, 0.5) is 0 Å². The Morgan fingerprint density at radius 1 is 1.36 bits per heavy atom. The monoisotopic (exact) mass is 548 g/mol. The minimum absolute atomic E-state index is 0.0130. The molecule has 1 unspecified atom stereocenters. The Morgan fingerprint density at radius 2 is 2.17 bits per heavy atom. The van der Waals surface area contributed by atoms with Crippen LogP contribution >= 0.6 is 22.9 Å². The molecule has 1 saturated heterocycles. The second-order valence-corrected chi connectivity index (χ2v) is 12.5. The molecule has 1 aromatic carbocycles. The van der Waals surface area contributed by atoms with E-state index in [1.807, 2.05) is 7.05 Å². The predicted molar refractivity (Wildman–Crippen MR) is 136 cm³/mol. The average molecular weight is 549 g/mol. The van der Waals surface area contributed by atoms with E-state index in [9.17, 15) is 18.3 Å². The van der Waals surface area contributed by atoms with Crippen molar-refractivity contribution in [1.29, 1.82) is 5.26 Å². The normalized spacial score (nSPS) is 19.4. The summed E-state index contributed by atoms with van der Waals surface area (Å²) < 4.78 is 28.3. The van der Waals surface area contributed by atoms with Crippen LogP contribution in [0.15, 0.2) is 23.2 Å². The first-order valence-corrected chi connectivity index (χ1v) is 14.2. The molecular formula is C23H25ClN6O4S2. The minimum Gasteiger partial charge on any atom is -0.504 e. The maximum absolute atomic E-state index is 13.5. The summed E-state index contributed by atoms with van der Waals surface area (Å²) in [5.41, 5.74) is 1.40. The van der Waals surface area contributed by atoms with Gasteiger partial charge in [0, 0.05) is 66.9 Å². The van der Waals surface area contributed by atoms with Crippen molar-refractivity contribution in [2.45, 2.75) is 36.9 Å². The number of halogens is 1. The first-order valence-electron chi connectivity index (χ1n) is 11.5. The fourth-order valence-electron chi connectivity index (χ4n) is 4.77. The third kappa shape index (κ3) is 4.46. The molecule has 3 aromatic rings. The van der Waals surface area contributed by atoms with Crippen LogP contribution in [0.2, 0.25) is 5.02 Å². The van der Waals surface area contributed by atoms with E-state index in [0.29, 0.717) is 27.4 Å². The summed E-state index contributed by atoms with van der Waals surface area (Å²) in [6.07, 6.45) is 1.30. The van der Waals surface area contributed by atoms with Crippen molar-refractivity contribution in [3.05, 3.63) is 38.8 Å². The van der Waals surface area contributed by atoms with Gasteiger partial charge in [0.1, 0.15) is 0 Å². The first-order chi connectivity index (χ1) is 17.2. The third-order valence-corrected chi connectivity index (χ3v) is 9.83. The number of amides is 1. The van der Waals surface area contributed by atoms with E-state index in [4.69, 9.17) is 16.9 Å². The number of nitrogens with one attached hydrogen (secondary N) is 1. The number of benzene rings is 1. The molecule has 0 spiro atoms. The summed E-state index contributed by atoms with van der Waals surface area (Å²) >= 11 is 7.40. The molecule has 10 nitrogen and oxygen atoms in total. The molecule has 2 aromatic heterocycles. The molecular weight excluding hydrogens is 524 g/mol. The van der Waals surface area contributed by atoms with E-state index in [2.05, 4.69) is 20.9 Å².